The van der Waals surface area contributed by atoms with E-state index in [4.69, 9.17) is 10.00 Å². The van der Waals surface area contributed by atoms with Crippen LogP contribution in [0.2, 0.25) is 0 Å². The maximum Gasteiger partial charge on any atom is 0.243 e. The first kappa shape index (κ1) is 24.2. The third kappa shape index (κ3) is 5.93. The number of anilines is 2. The number of nitriles is 1. The number of nitrogens with zero attached hydrogens (tertiary/aromatic N) is 4. The summed E-state index contributed by atoms with van der Waals surface area (Å²) < 4.78 is 32.5. The first-order valence-corrected chi connectivity index (χ1v) is 12.8. The van der Waals surface area contributed by atoms with Gasteiger partial charge in [-0.3, -0.25) is 4.79 Å². The van der Waals surface area contributed by atoms with Crippen LogP contribution in [0.5, 0.6) is 0 Å². The van der Waals surface area contributed by atoms with Crippen LogP contribution in [0.15, 0.2) is 53.4 Å². The molecular weight excluding hydrogens is 454 g/mol. The number of carbonyl (C=O) groups is 1. The summed E-state index contributed by atoms with van der Waals surface area (Å²) in [6, 6.07) is 15.8. The SMILES string of the molecule is N#Cc1ccc(S(=O)(=O)N2CCN(CCC(=O)Nc3ccc(N4CCOCC4)cc3)CC2)cc1. The lowest BCUT2D eigenvalue weighted by atomic mass is 10.2. The Morgan fingerprint density at radius 1 is 0.941 bits per heavy atom. The molecule has 10 heteroatoms. The molecule has 0 spiro atoms. The third-order valence-electron chi connectivity index (χ3n) is 6.13. The van der Waals surface area contributed by atoms with Gasteiger partial charge in [-0.1, -0.05) is 0 Å². The van der Waals surface area contributed by atoms with Crippen molar-refractivity contribution in [3.05, 3.63) is 54.1 Å². The number of amides is 1. The second-order valence-corrected chi connectivity index (χ2v) is 10.3. The number of nitrogens with one attached hydrogen (secondary N) is 1. The normalized spacial score (nSPS) is 17.8. The van der Waals surface area contributed by atoms with Crippen molar-refractivity contribution in [3.63, 3.8) is 0 Å². The Hall–Kier alpha value is -2.97. The fourth-order valence-electron chi connectivity index (χ4n) is 4.10. The van der Waals surface area contributed by atoms with E-state index in [-0.39, 0.29) is 10.8 Å². The maximum atomic E-state index is 12.8. The standard InChI is InChI=1S/C24H29N5O4S/c25-19-20-1-7-23(8-2-20)34(31,32)29-13-11-27(12-14-29)10-9-24(30)26-21-3-5-22(6-4-21)28-15-17-33-18-16-28/h1-8H,9-18H2,(H,26,30). The van der Waals surface area contributed by atoms with Crippen LogP contribution in [0.1, 0.15) is 12.0 Å². The van der Waals surface area contributed by atoms with Crippen molar-refractivity contribution in [2.45, 2.75) is 11.3 Å². The smallest absolute Gasteiger partial charge is 0.243 e. The zero-order chi connectivity index (χ0) is 24.0. The molecule has 1 N–H and O–H groups in total. The van der Waals surface area contributed by atoms with E-state index >= 15 is 0 Å². The van der Waals surface area contributed by atoms with Gasteiger partial charge in [0.15, 0.2) is 0 Å². The second-order valence-electron chi connectivity index (χ2n) is 8.33. The molecule has 0 bridgehead atoms. The summed E-state index contributed by atoms with van der Waals surface area (Å²) in [6.07, 6.45) is 0.341. The van der Waals surface area contributed by atoms with Crippen molar-refractivity contribution in [2.24, 2.45) is 0 Å². The molecule has 0 radical (unpaired) electrons. The van der Waals surface area contributed by atoms with Crippen LogP contribution >= 0.6 is 0 Å². The Balaban J connectivity index is 1.21. The molecule has 4 rings (SSSR count). The molecule has 2 aromatic carbocycles. The van der Waals surface area contributed by atoms with Gasteiger partial charge in [0.25, 0.3) is 0 Å². The first-order chi connectivity index (χ1) is 16.5. The third-order valence-corrected chi connectivity index (χ3v) is 8.05. The van der Waals surface area contributed by atoms with Gasteiger partial charge in [0.2, 0.25) is 15.9 Å². The molecule has 2 heterocycles. The lowest BCUT2D eigenvalue weighted by molar-refractivity contribution is -0.116. The van der Waals surface area contributed by atoms with Crippen LogP contribution in [0, 0.1) is 11.3 Å². The Labute approximate surface area is 200 Å². The minimum absolute atomic E-state index is 0.0632. The summed E-state index contributed by atoms with van der Waals surface area (Å²) in [5, 5.41) is 11.8. The molecular formula is C24H29N5O4S. The van der Waals surface area contributed by atoms with Gasteiger partial charge >= 0.3 is 0 Å². The highest BCUT2D eigenvalue weighted by Gasteiger charge is 2.28. The fraction of sp³-hybridized carbons (Fsp3) is 0.417. The van der Waals surface area contributed by atoms with Crippen molar-refractivity contribution in [1.82, 2.24) is 9.21 Å². The number of morpholine rings is 1. The number of hydrogen-bond acceptors (Lipinski definition) is 7. The molecule has 2 aliphatic heterocycles. The molecule has 0 unspecified atom stereocenters. The van der Waals surface area contributed by atoms with E-state index in [1.807, 2.05) is 30.3 Å². The topological polar surface area (TPSA) is 106 Å². The lowest BCUT2D eigenvalue weighted by Gasteiger charge is -2.33. The fourth-order valence-corrected chi connectivity index (χ4v) is 5.53. The van der Waals surface area contributed by atoms with Crippen molar-refractivity contribution in [3.8, 4) is 6.07 Å². The van der Waals surface area contributed by atoms with E-state index < -0.39 is 10.0 Å². The second kappa shape index (κ2) is 11.0. The monoisotopic (exact) mass is 483 g/mol. The summed E-state index contributed by atoms with van der Waals surface area (Å²) >= 11 is 0. The van der Waals surface area contributed by atoms with E-state index in [1.165, 1.54) is 28.6 Å². The van der Waals surface area contributed by atoms with Crippen LogP contribution in [0.3, 0.4) is 0 Å². The number of carbonyl (C=O) groups excluding carboxylic acids is 1. The van der Waals surface area contributed by atoms with Gasteiger partial charge < -0.3 is 19.9 Å². The summed E-state index contributed by atoms with van der Waals surface area (Å²) in [7, 11) is -3.59. The van der Waals surface area contributed by atoms with Gasteiger partial charge in [-0.05, 0) is 48.5 Å². The predicted octanol–water partition coefficient (Wildman–Crippen LogP) is 1.73. The summed E-state index contributed by atoms with van der Waals surface area (Å²) in [6.45, 7) is 5.64. The highest BCUT2D eigenvalue weighted by atomic mass is 32.2. The van der Waals surface area contributed by atoms with Crippen molar-refractivity contribution in [2.75, 3.05) is 69.2 Å². The molecule has 0 saturated carbocycles. The van der Waals surface area contributed by atoms with Crippen LogP contribution in [-0.2, 0) is 19.6 Å². The zero-order valence-electron chi connectivity index (χ0n) is 19.0. The highest BCUT2D eigenvalue weighted by Crippen LogP contribution is 2.20. The van der Waals surface area contributed by atoms with E-state index in [2.05, 4.69) is 15.1 Å². The van der Waals surface area contributed by atoms with E-state index in [1.54, 1.807) is 0 Å². The minimum Gasteiger partial charge on any atom is -0.378 e. The lowest BCUT2D eigenvalue weighted by Crippen LogP contribution is -2.49. The summed E-state index contributed by atoms with van der Waals surface area (Å²) in [5.74, 6) is -0.0632. The molecule has 9 nitrogen and oxygen atoms in total. The number of ether oxygens (including phenoxy) is 1. The quantitative estimate of drug-likeness (QED) is 0.639. The van der Waals surface area contributed by atoms with E-state index in [9.17, 15) is 13.2 Å². The van der Waals surface area contributed by atoms with Crippen molar-refractivity contribution in [1.29, 1.82) is 5.26 Å². The van der Waals surface area contributed by atoms with Gasteiger partial charge in [-0.25, -0.2) is 8.42 Å². The van der Waals surface area contributed by atoms with Gasteiger partial charge in [0.1, 0.15) is 0 Å². The molecule has 34 heavy (non-hydrogen) atoms. The Bertz CT molecular complexity index is 1120. The number of benzene rings is 2. The number of hydrogen-bond donors (Lipinski definition) is 1. The number of sulfonamides is 1. The Morgan fingerprint density at radius 2 is 1.59 bits per heavy atom. The van der Waals surface area contributed by atoms with Gasteiger partial charge in [-0.2, -0.15) is 9.57 Å². The Morgan fingerprint density at radius 3 is 2.21 bits per heavy atom. The Kier molecular flexibility index (Phi) is 7.80. The molecule has 180 valence electrons. The number of piperazine rings is 1. The predicted molar refractivity (Wildman–Crippen MR) is 129 cm³/mol. The molecule has 0 atom stereocenters. The average molecular weight is 484 g/mol. The largest absolute Gasteiger partial charge is 0.378 e. The van der Waals surface area contributed by atoms with Gasteiger partial charge in [-0.15, -0.1) is 0 Å². The molecule has 0 aliphatic carbocycles. The molecule has 2 aromatic rings. The van der Waals surface area contributed by atoms with E-state index in [0.29, 0.717) is 44.7 Å². The van der Waals surface area contributed by atoms with Crippen LogP contribution < -0.4 is 10.2 Å². The van der Waals surface area contributed by atoms with Crippen LogP contribution in [0.4, 0.5) is 11.4 Å². The first-order valence-electron chi connectivity index (χ1n) is 11.4. The molecule has 2 aliphatic rings. The van der Waals surface area contributed by atoms with Crippen molar-refractivity contribution >= 4 is 27.3 Å². The van der Waals surface area contributed by atoms with Crippen LogP contribution in [-0.4, -0.2) is 82.6 Å². The minimum atomic E-state index is -3.59. The van der Waals surface area contributed by atoms with Crippen molar-refractivity contribution < 1.29 is 17.9 Å². The van der Waals surface area contributed by atoms with Gasteiger partial charge in [0, 0.05) is 63.6 Å². The number of rotatable bonds is 7. The molecule has 1 amide bonds. The van der Waals surface area contributed by atoms with Gasteiger partial charge in [0.05, 0.1) is 29.7 Å². The maximum absolute atomic E-state index is 12.8. The van der Waals surface area contributed by atoms with E-state index in [0.717, 1.165) is 37.7 Å². The molecule has 0 aromatic heterocycles. The summed E-state index contributed by atoms with van der Waals surface area (Å²) in [4.78, 5) is 17.0. The van der Waals surface area contributed by atoms with Crippen LogP contribution in [0.25, 0.3) is 0 Å². The molecule has 2 saturated heterocycles. The average Bonchev–Trinajstić information content (AvgIpc) is 2.89. The molecule has 2 fully saturated rings. The summed E-state index contributed by atoms with van der Waals surface area (Å²) in [5.41, 5.74) is 2.31. The highest BCUT2D eigenvalue weighted by molar-refractivity contribution is 7.89. The zero-order valence-corrected chi connectivity index (χ0v) is 19.8.